The second kappa shape index (κ2) is 7.70. The number of halogens is 2. The van der Waals surface area contributed by atoms with Crippen LogP contribution in [-0.4, -0.2) is 56.7 Å². The van der Waals surface area contributed by atoms with Crippen LogP contribution in [0.2, 0.25) is 5.02 Å². The number of nitrogens with zero attached hydrogens (tertiary/aromatic N) is 1. The minimum Gasteiger partial charge on any atom is -0.374 e. The van der Waals surface area contributed by atoms with E-state index in [9.17, 15) is 9.18 Å². The molecule has 1 aliphatic heterocycles. The fourth-order valence-corrected chi connectivity index (χ4v) is 2.47. The zero-order chi connectivity index (χ0) is 15.2. The molecule has 1 fully saturated rings. The standard InChI is InChI=1S/C14H19ClFN3O2/c1-17-7-11-8-19(4-5-21-11)9-14(20)18-13-3-2-10(16)6-12(13)15/h2-3,6,11,17H,4-5,7-9H2,1H3,(H,18,20). The van der Waals surface area contributed by atoms with Crippen LogP contribution in [0.15, 0.2) is 18.2 Å². The number of anilines is 1. The van der Waals surface area contributed by atoms with Crippen molar-refractivity contribution >= 4 is 23.2 Å². The Morgan fingerprint density at radius 3 is 3.10 bits per heavy atom. The van der Waals surface area contributed by atoms with Crippen LogP contribution in [0, 0.1) is 5.82 Å². The summed E-state index contributed by atoms with van der Waals surface area (Å²) < 4.78 is 18.5. The molecule has 0 radical (unpaired) electrons. The van der Waals surface area contributed by atoms with Crippen molar-refractivity contribution in [2.75, 3.05) is 45.2 Å². The van der Waals surface area contributed by atoms with Crippen LogP contribution in [0.3, 0.4) is 0 Å². The molecule has 0 spiro atoms. The molecule has 0 aliphatic carbocycles. The van der Waals surface area contributed by atoms with Crippen molar-refractivity contribution in [1.82, 2.24) is 10.2 Å². The zero-order valence-corrected chi connectivity index (χ0v) is 12.6. The average molecular weight is 316 g/mol. The number of carbonyl (C=O) groups excluding carboxylic acids is 1. The molecule has 1 unspecified atom stereocenters. The van der Waals surface area contributed by atoms with Gasteiger partial charge in [0.05, 0.1) is 30.0 Å². The summed E-state index contributed by atoms with van der Waals surface area (Å²) in [4.78, 5) is 14.0. The Bertz CT molecular complexity index is 499. The number of hydrogen-bond donors (Lipinski definition) is 2. The fraction of sp³-hybridized carbons (Fsp3) is 0.500. The first-order valence-electron chi connectivity index (χ1n) is 6.82. The highest BCUT2D eigenvalue weighted by Crippen LogP contribution is 2.22. The first-order valence-corrected chi connectivity index (χ1v) is 7.19. The zero-order valence-electron chi connectivity index (χ0n) is 11.9. The summed E-state index contributed by atoms with van der Waals surface area (Å²) in [6, 6.07) is 3.90. The second-order valence-electron chi connectivity index (χ2n) is 4.96. The summed E-state index contributed by atoms with van der Waals surface area (Å²) in [5.74, 6) is -0.602. The van der Waals surface area contributed by atoms with E-state index in [0.717, 1.165) is 6.54 Å². The highest BCUT2D eigenvalue weighted by atomic mass is 35.5. The number of benzene rings is 1. The molecule has 0 bridgehead atoms. The van der Waals surface area contributed by atoms with E-state index in [4.69, 9.17) is 16.3 Å². The quantitative estimate of drug-likeness (QED) is 0.861. The maximum Gasteiger partial charge on any atom is 0.238 e. The first kappa shape index (κ1) is 16.2. The van der Waals surface area contributed by atoms with Crippen molar-refractivity contribution in [2.45, 2.75) is 6.10 Å². The lowest BCUT2D eigenvalue weighted by Gasteiger charge is -2.32. The number of morpholine rings is 1. The third kappa shape index (κ3) is 4.93. The van der Waals surface area contributed by atoms with Gasteiger partial charge in [0.1, 0.15) is 5.82 Å². The number of ether oxygens (including phenoxy) is 1. The molecule has 5 nitrogen and oxygen atoms in total. The van der Waals surface area contributed by atoms with Crippen LogP contribution in [0.5, 0.6) is 0 Å². The molecule has 1 aromatic rings. The topological polar surface area (TPSA) is 53.6 Å². The summed E-state index contributed by atoms with van der Waals surface area (Å²) in [6.07, 6.45) is 0.0889. The second-order valence-corrected chi connectivity index (χ2v) is 5.37. The van der Waals surface area contributed by atoms with Gasteiger partial charge >= 0.3 is 0 Å². The molecular formula is C14H19ClFN3O2. The van der Waals surface area contributed by atoms with E-state index in [1.54, 1.807) is 0 Å². The molecule has 2 rings (SSSR count). The van der Waals surface area contributed by atoms with E-state index >= 15 is 0 Å². The van der Waals surface area contributed by atoms with E-state index in [-0.39, 0.29) is 23.6 Å². The first-order chi connectivity index (χ1) is 10.1. The Balaban J connectivity index is 1.86. The van der Waals surface area contributed by atoms with Gasteiger partial charge in [0.2, 0.25) is 5.91 Å². The van der Waals surface area contributed by atoms with Crippen LogP contribution in [0.4, 0.5) is 10.1 Å². The van der Waals surface area contributed by atoms with E-state index in [0.29, 0.717) is 25.4 Å². The maximum atomic E-state index is 12.9. The monoisotopic (exact) mass is 315 g/mol. The maximum absolute atomic E-state index is 12.9. The van der Waals surface area contributed by atoms with Crippen LogP contribution in [0.25, 0.3) is 0 Å². The number of likely N-dealkylation sites (N-methyl/N-ethyl adjacent to an activating group) is 1. The fourth-order valence-electron chi connectivity index (χ4n) is 2.26. The highest BCUT2D eigenvalue weighted by molar-refractivity contribution is 6.33. The van der Waals surface area contributed by atoms with Crippen molar-refractivity contribution in [3.63, 3.8) is 0 Å². The molecule has 21 heavy (non-hydrogen) atoms. The highest BCUT2D eigenvalue weighted by Gasteiger charge is 2.21. The number of amides is 1. The molecular weight excluding hydrogens is 297 g/mol. The third-order valence-corrected chi connectivity index (χ3v) is 3.54. The normalized spacial score (nSPS) is 19.5. The largest absolute Gasteiger partial charge is 0.374 e. The van der Waals surface area contributed by atoms with Crippen molar-refractivity contribution in [3.8, 4) is 0 Å². The van der Waals surface area contributed by atoms with Gasteiger partial charge in [0.25, 0.3) is 0 Å². The summed E-state index contributed by atoms with van der Waals surface area (Å²) in [5.41, 5.74) is 0.420. The van der Waals surface area contributed by atoms with Crippen molar-refractivity contribution < 1.29 is 13.9 Å². The summed E-state index contributed by atoms with van der Waals surface area (Å²) >= 11 is 5.88. The molecule has 1 aromatic carbocycles. The molecule has 0 aromatic heterocycles. The summed E-state index contributed by atoms with van der Waals surface area (Å²) in [7, 11) is 1.87. The van der Waals surface area contributed by atoms with Gasteiger partial charge in [-0.1, -0.05) is 11.6 Å². The van der Waals surface area contributed by atoms with Gasteiger partial charge in [-0.05, 0) is 25.2 Å². The van der Waals surface area contributed by atoms with Gasteiger partial charge in [0, 0.05) is 19.6 Å². The molecule has 1 amide bonds. The van der Waals surface area contributed by atoms with Crippen LogP contribution in [0.1, 0.15) is 0 Å². The van der Waals surface area contributed by atoms with Crippen molar-refractivity contribution in [2.24, 2.45) is 0 Å². The van der Waals surface area contributed by atoms with Gasteiger partial charge in [-0.25, -0.2) is 4.39 Å². The van der Waals surface area contributed by atoms with Gasteiger partial charge < -0.3 is 15.4 Å². The Hall–Kier alpha value is -1.21. The Morgan fingerprint density at radius 2 is 2.38 bits per heavy atom. The van der Waals surface area contributed by atoms with Gasteiger partial charge in [-0.3, -0.25) is 9.69 Å². The van der Waals surface area contributed by atoms with Crippen molar-refractivity contribution in [1.29, 1.82) is 0 Å². The van der Waals surface area contributed by atoms with E-state index < -0.39 is 5.82 Å². The smallest absolute Gasteiger partial charge is 0.238 e. The minimum atomic E-state index is -0.430. The predicted octanol–water partition coefficient (Wildman–Crippen LogP) is 1.34. The average Bonchev–Trinajstić information content (AvgIpc) is 2.43. The summed E-state index contributed by atoms with van der Waals surface area (Å²) in [6.45, 7) is 3.03. The molecule has 116 valence electrons. The third-order valence-electron chi connectivity index (χ3n) is 3.23. The van der Waals surface area contributed by atoms with E-state index in [1.165, 1.54) is 18.2 Å². The Labute approximate surface area is 128 Å². The van der Waals surface area contributed by atoms with Crippen molar-refractivity contribution in [3.05, 3.63) is 29.0 Å². The minimum absolute atomic E-state index is 0.0889. The molecule has 1 atom stereocenters. The number of hydrogen-bond acceptors (Lipinski definition) is 4. The predicted molar refractivity (Wildman–Crippen MR) is 80.1 cm³/mol. The number of rotatable bonds is 5. The molecule has 7 heteroatoms. The number of carbonyl (C=O) groups is 1. The molecule has 0 saturated carbocycles. The SMILES string of the molecule is CNCC1CN(CC(=O)Nc2ccc(F)cc2Cl)CCO1. The lowest BCUT2D eigenvalue weighted by molar-refractivity contribution is -0.119. The lowest BCUT2D eigenvalue weighted by Crippen LogP contribution is -2.48. The summed E-state index contributed by atoms with van der Waals surface area (Å²) in [5, 5.41) is 5.95. The molecule has 1 saturated heterocycles. The van der Waals surface area contributed by atoms with E-state index in [1.807, 2.05) is 11.9 Å². The van der Waals surface area contributed by atoms with Gasteiger partial charge in [0.15, 0.2) is 0 Å². The van der Waals surface area contributed by atoms with E-state index in [2.05, 4.69) is 10.6 Å². The van der Waals surface area contributed by atoms with Gasteiger partial charge in [-0.2, -0.15) is 0 Å². The molecule has 1 heterocycles. The molecule has 1 aliphatic rings. The Morgan fingerprint density at radius 1 is 1.57 bits per heavy atom. The van der Waals surface area contributed by atoms with Crippen LogP contribution < -0.4 is 10.6 Å². The lowest BCUT2D eigenvalue weighted by atomic mass is 10.2. The van der Waals surface area contributed by atoms with Gasteiger partial charge in [-0.15, -0.1) is 0 Å². The number of nitrogens with one attached hydrogen (secondary N) is 2. The van der Waals surface area contributed by atoms with Crippen LogP contribution >= 0.6 is 11.6 Å². The van der Waals surface area contributed by atoms with Crippen LogP contribution in [-0.2, 0) is 9.53 Å². The Kier molecular flexibility index (Phi) is 5.93. The molecule has 2 N–H and O–H groups in total.